The lowest BCUT2D eigenvalue weighted by Gasteiger charge is -2.23. The van der Waals surface area contributed by atoms with Crippen molar-refractivity contribution in [3.63, 3.8) is 0 Å². The zero-order valence-electron chi connectivity index (χ0n) is 16.3. The van der Waals surface area contributed by atoms with E-state index >= 15 is 0 Å². The minimum Gasteiger partial charge on any atom is -0.454 e. The Kier molecular flexibility index (Phi) is 5.11. The number of esters is 1. The Bertz CT molecular complexity index is 873. The fraction of sp³-hybridized carbons (Fsp3) is 0.524. The van der Waals surface area contributed by atoms with Crippen LogP contribution < -0.4 is 5.32 Å². The zero-order valence-corrected chi connectivity index (χ0v) is 17.1. The lowest BCUT2D eigenvalue weighted by Crippen LogP contribution is -2.45. The fourth-order valence-electron chi connectivity index (χ4n) is 5.04. The number of ether oxygens (including phenoxy) is 1. The first-order valence-corrected chi connectivity index (χ1v) is 10.2. The number of likely N-dealkylation sites (tertiary alicyclic amines) is 1. The number of nitrogens with zero attached hydrogens (tertiary/aromatic N) is 1. The van der Waals surface area contributed by atoms with Crippen LogP contribution in [0.15, 0.2) is 18.2 Å². The molecule has 0 unspecified atom stereocenters. The summed E-state index contributed by atoms with van der Waals surface area (Å²) >= 11 is 6.03. The van der Waals surface area contributed by atoms with Crippen LogP contribution in [0.1, 0.15) is 31.7 Å². The number of nitrogens with one attached hydrogen (secondary N) is 1. The highest BCUT2D eigenvalue weighted by molar-refractivity contribution is 6.31. The largest absolute Gasteiger partial charge is 0.454 e. The molecule has 29 heavy (non-hydrogen) atoms. The van der Waals surface area contributed by atoms with E-state index in [2.05, 4.69) is 5.32 Å². The third-order valence-electron chi connectivity index (χ3n) is 6.49. The lowest BCUT2D eigenvalue weighted by atomic mass is 9.81. The highest BCUT2D eigenvalue weighted by atomic mass is 35.5. The highest BCUT2D eigenvalue weighted by Crippen LogP contribution is 2.56. The van der Waals surface area contributed by atoms with Crippen LogP contribution in [0.3, 0.4) is 0 Å². The molecule has 0 spiro atoms. The fourth-order valence-corrected chi connectivity index (χ4v) is 5.22. The van der Waals surface area contributed by atoms with Crippen molar-refractivity contribution in [1.82, 2.24) is 4.90 Å². The molecule has 7 nitrogen and oxygen atoms in total. The number of hydrogen-bond acceptors (Lipinski definition) is 5. The molecular weight excluding hydrogens is 396 g/mol. The predicted octanol–water partition coefficient (Wildman–Crippen LogP) is 2.55. The van der Waals surface area contributed by atoms with E-state index in [4.69, 9.17) is 16.3 Å². The second kappa shape index (κ2) is 7.44. The molecule has 1 heterocycles. The molecule has 2 bridgehead atoms. The van der Waals surface area contributed by atoms with Gasteiger partial charge >= 0.3 is 5.97 Å². The normalized spacial score (nSPS) is 28.4. The van der Waals surface area contributed by atoms with E-state index in [1.165, 1.54) is 6.92 Å². The summed E-state index contributed by atoms with van der Waals surface area (Å²) in [6.45, 7) is 2.80. The van der Waals surface area contributed by atoms with Crippen LogP contribution in [-0.4, -0.2) is 41.2 Å². The van der Waals surface area contributed by atoms with Crippen molar-refractivity contribution in [1.29, 1.82) is 0 Å². The highest BCUT2D eigenvalue weighted by Gasteiger charge is 2.62. The minimum absolute atomic E-state index is 0.252. The summed E-state index contributed by atoms with van der Waals surface area (Å²) in [5.41, 5.74) is 1.37. The molecule has 1 aliphatic heterocycles. The van der Waals surface area contributed by atoms with E-state index in [-0.39, 0.29) is 35.5 Å². The number of carbonyl (C=O) groups is 4. The van der Waals surface area contributed by atoms with Gasteiger partial charge in [-0.2, -0.15) is 0 Å². The van der Waals surface area contributed by atoms with Gasteiger partial charge in [0.2, 0.25) is 11.8 Å². The maximum Gasteiger partial charge on any atom is 0.329 e. The summed E-state index contributed by atoms with van der Waals surface area (Å²) in [6.07, 6.45) is 2.88. The molecule has 3 fully saturated rings. The minimum atomic E-state index is -1.04. The van der Waals surface area contributed by atoms with Crippen molar-refractivity contribution in [3.05, 3.63) is 28.8 Å². The van der Waals surface area contributed by atoms with Gasteiger partial charge in [0.05, 0.1) is 11.8 Å². The molecule has 8 heteroatoms. The van der Waals surface area contributed by atoms with E-state index in [9.17, 15) is 19.2 Å². The number of rotatable bonds is 5. The monoisotopic (exact) mass is 418 g/mol. The Labute approximate surface area is 173 Å². The first-order chi connectivity index (χ1) is 13.8. The van der Waals surface area contributed by atoms with Gasteiger partial charge in [-0.05, 0) is 62.6 Å². The quantitative estimate of drug-likeness (QED) is 0.586. The van der Waals surface area contributed by atoms with Crippen LogP contribution in [0.4, 0.5) is 5.69 Å². The first kappa shape index (κ1) is 19.9. The standard InChI is InChI=1S/C21H23ClN2O5/c1-10-3-6-14(8-15(10)22)23-16(25)9-29-21(28)11(2)24-19(26)17-12-4-5-13(7-12)18(17)20(24)27/h3,6,8,11-13,17-18H,4-5,7,9H2,1-2H3,(H,23,25)/t11-,12-,13-,17-,18-/m0/s1. The molecule has 3 aliphatic rings. The SMILES string of the molecule is Cc1ccc(NC(=O)COC(=O)[C@H](C)N2C(=O)[C@H]3[C@H]4CC[C@@H](C4)[C@@H]3C2=O)cc1Cl. The molecule has 1 saturated heterocycles. The number of fused-ring (bicyclic) bond motifs is 5. The molecule has 3 amide bonds. The summed E-state index contributed by atoms with van der Waals surface area (Å²) in [7, 11) is 0. The van der Waals surface area contributed by atoms with E-state index < -0.39 is 24.5 Å². The molecule has 4 rings (SSSR count). The summed E-state index contributed by atoms with van der Waals surface area (Å²) in [5, 5.41) is 3.11. The molecule has 5 atom stereocenters. The Morgan fingerprint density at radius 3 is 2.41 bits per heavy atom. The molecule has 1 aromatic rings. The van der Waals surface area contributed by atoms with Gasteiger partial charge in [-0.3, -0.25) is 19.3 Å². The first-order valence-electron chi connectivity index (χ1n) is 9.87. The second-order valence-corrected chi connectivity index (χ2v) is 8.63. The van der Waals surface area contributed by atoms with Crippen LogP contribution in [0, 0.1) is 30.6 Å². The Morgan fingerprint density at radius 2 is 1.83 bits per heavy atom. The van der Waals surface area contributed by atoms with Crippen molar-refractivity contribution in [2.24, 2.45) is 23.7 Å². The number of benzene rings is 1. The molecular formula is C21H23ClN2O5. The van der Waals surface area contributed by atoms with Gasteiger partial charge in [-0.1, -0.05) is 17.7 Å². The number of imide groups is 1. The summed E-state index contributed by atoms with van der Waals surface area (Å²) in [4.78, 5) is 51.1. The smallest absolute Gasteiger partial charge is 0.329 e. The van der Waals surface area contributed by atoms with Crippen molar-refractivity contribution >= 4 is 41.0 Å². The number of aryl methyl sites for hydroxylation is 1. The number of anilines is 1. The van der Waals surface area contributed by atoms with E-state index in [1.807, 2.05) is 6.92 Å². The third kappa shape index (κ3) is 3.41. The lowest BCUT2D eigenvalue weighted by molar-refractivity contribution is -0.159. The maximum absolute atomic E-state index is 12.8. The maximum atomic E-state index is 12.8. The van der Waals surface area contributed by atoms with Gasteiger partial charge in [0.15, 0.2) is 6.61 Å². The topological polar surface area (TPSA) is 92.8 Å². The van der Waals surface area contributed by atoms with Crippen molar-refractivity contribution in [3.8, 4) is 0 Å². The average molecular weight is 419 g/mol. The Morgan fingerprint density at radius 1 is 1.21 bits per heavy atom. The van der Waals surface area contributed by atoms with Gasteiger partial charge < -0.3 is 10.1 Å². The molecule has 1 aromatic carbocycles. The molecule has 2 aliphatic carbocycles. The summed E-state index contributed by atoms with van der Waals surface area (Å²) in [5.74, 6) is -1.90. The van der Waals surface area contributed by atoms with E-state index in [0.29, 0.717) is 10.7 Å². The Hall–Kier alpha value is -2.41. The van der Waals surface area contributed by atoms with Gasteiger partial charge in [0, 0.05) is 10.7 Å². The van der Waals surface area contributed by atoms with Crippen LogP contribution in [0.25, 0.3) is 0 Å². The molecule has 1 N–H and O–H groups in total. The van der Waals surface area contributed by atoms with Crippen molar-refractivity contribution in [2.45, 2.75) is 39.2 Å². The summed E-state index contributed by atoms with van der Waals surface area (Å²) in [6, 6.07) is 4.02. The molecule has 0 radical (unpaired) electrons. The van der Waals surface area contributed by atoms with Crippen LogP contribution in [-0.2, 0) is 23.9 Å². The Balaban J connectivity index is 1.34. The van der Waals surface area contributed by atoms with Gasteiger partial charge in [0.25, 0.3) is 5.91 Å². The molecule has 154 valence electrons. The van der Waals surface area contributed by atoms with Crippen molar-refractivity contribution < 1.29 is 23.9 Å². The van der Waals surface area contributed by atoms with Gasteiger partial charge in [0.1, 0.15) is 6.04 Å². The van der Waals surface area contributed by atoms with Gasteiger partial charge in [-0.25, -0.2) is 4.79 Å². The number of halogens is 1. The number of hydrogen-bond donors (Lipinski definition) is 1. The molecule has 2 saturated carbocycles. The third-order valence-corrected chi connectivity index (χ3v) is 6.90. The average Bonchev–Trinajstić information content (AvgIpc) is 3.36. The predicted molar refractivity (Wildman–Crippen MR) is 105 cm³/mol. The van der Waals surface area contributed by atoms with Crippen molar-refractivity contribution in [2.75, 3.05) is 11.9 Å². The van der Waals surface area contributed by atoms with Gasteiger partial charge in [-0.15, -0.1) is 0 Å². The number of amides is 3. The van der Waals surface area contributed by atoms with Crippen LogP contribution >= 0.6 is 11.6 Å². The number of carbonyl (C=O) groups excluding carboxylic acids is 4. The second-order valence-electron chi connectivity index (χ2n) is 8.23. The summed E-state index contributed by atoms with van der Waals surface area (Å²) < 4.78 is 5.06. The van der Waals surface area contributed by atoms with E-state index in [1.54, 1.807) is 18.2 Å². The van der Waals surface area contributed by atoms with E-state index in [0.717, 1.165) is 29.7 Å². The van der Waals surface area contributed by atoms with Crippen LogP contribution in [0.5, 0.6) is 0 Å². The molecule has 0 aromatic heterocycles. The zero-order chi connectivity index (χ0) is 20.9. The van der Waals surface area contributed by atoms with Crippen LogP contribution in [0.2, 0.25) is 5.02 Å².